The highest BCUT2D eigenvalue weighted by Crippen LogP contribution is 2.17. The molecule has 0 saturated heterocycles. The van der Waals surface area contributed by atoms with Crippen LogP contribution in [0.15, 0.2) is 24.3 Å². The fourth-order valence-corrected chi connectivity index (χ4v) is 1.93. The van der Waals surface area contributed by atoms with E-state index in [4.69, 9.17) is 14.2 Å². The highest BCUT2D eigenvalue weighted by atomic mass is 16.5. The van der Waals surface area contributed by atoms with Crippen LogP contribution in [0.1, 0.15) is 19.8 Å². The highest BCUT2D eigenvalue weighted by molar-refractivity contribution is 5.31. The van der Waals surface area contributed by atoms with Gasteiger partial charge in [0.25, 0.3) is 0 Å². The van der Waals surface area contributed by atoms with Gasteiger partial charge in [0.15, 0.2) is 0 Å². The van der Waals surface area contributed by atoms with E-state index in [1.54, 1.807) is 14.2 Å². The maximum Gasteiger partial charge on any atom is 0.119 e. The third kappa shape index (κ3) is 6.45. The molecule has 0 aliphatic rings. The van der Waals surface area contributed by atoms with E-state index in [1.165, 1.54) is 0 Å². The molecule has 0 aliphatic heterocycles. The lowest BCUT2D eigenvalue weighted by Gasteiger charge is -2.16. The average molecular weight is 267 g/mol. The molecule has 0 saturated carbocycles. The Balaban J connectivity index is 2.21. The van der Waals surface area contributed by atoms with E-state index in [2.05, 4.69) is 12.2 Å². The molecule has 1 rings (SSSR count). The second-order valence-electron chi connectivity index (χ2n) is 4.38. The van der Waals surface area contributed by atoms with Crippen molar-refractivity contribution in [1.29, 1.82) is 0 Å². The molecule has 4 nitrogen and oxygen atoms in total. The van der Waals surface area contributed by atoms with Gasteiger partial charge in [-0.15, -0.1) is 0 Å². The molecule has 0 fully saturated rings. The minimum atomic E-state index is 0.412. The first kappa shape index (κ1) is 15.8. The number of benzene rings is 1. The zero-order valence-corrected chi connectivity index (χ0v) is 12.1. The predicted molar refractivity (Wildman–Crippen MR) is 77.1 cm³/mol. The molecule has 0 aliphatic carbocycles. The van der Waals surface area contributed by atoms with E-state index < -0.39 is 0 Å². The maximum absolute atomic E-state index is 5.69. The molecule has 0 heterocycles. The molecule has 1 N–H and O–H groups in total. The van der Waals surface area contributed by atoms with Crippen LogP contribution in [0.4, 0.5) is 0 Å². The van der Waals surface area contributed by atoms with Crippen LogP contribution in [0.5, 0.6) is 11.5 Å². The Morgan fingerprint density at radius 3 is 2.37 bits per heavy atom. The highest BCUT2D eigenvalue weighted by Gasteiger charge is 2.06. The summed E-state index contributed by atoms with van der Waals surface area (Å²) in [6, 6.07) is 8.07. The second kappa shape index (κ2) is 9.64. The van der Waals surface area contributed by atoms with Gasteiger partial charge in [-0.2, -0.15) is 0 Å². The maximum atomic E-state index is 5.69. The first-order valence-corrected chi connectivity index (χ1v) is 6.79. The van der Waals surface area contributed by atoms with Gasteiger partial charge in [-0.1, -0.05) is 6.92 Å². The molecule has 4 heteroatoms. The third-order valence-corrected chi connectivity index (χ3v) is 2.89. The van der Waals surface area contributed by atoms with Crippen LogP contribution < -0.4 is 14.8 Å². The minimum Gasteiger partial charge on any atom is -0.497 e. The lowest BCUT2D eigenvalue weighted by molar-refractivity contribution is 0.159. The second-order valence-corrected chi connectivity index (χ2v) is 4.38. The molecular formula is C15H25NO3. The summed E-state index contributed by atoms with van der Waals surface area (Å²) in [5.41, 5.74) is 0. The molecule has 1 atom stereocenters. The van der Waals surface area contributed by atoms with Crippen LogP contribution in [-0.4, -0.2) is 40.0 Å². The SMILES string of the molecule is CCNC(CCCOc1ccc(OC)cc1)COC. The normalized spacial score (nSPS) is 12.2. The standard InChI is InChI=1S/C15H25NO3/c1-4-16-13(12-17-2)6-5-11-19-15-9-7-14(18-3)8-10-15/h7-10,13,16H,4-6,11-12H2,1-3H3. The molecule has 0 bridgehead atoms. The molecule has 19 heavy (non-hydrogen) atoms. The summed E-state index contributed by atoms with van der Waals surface area (Å²) in [7, 11) is 3.39. The smallest absolute Gasteiger partial charge is 0.119 e. The van der Waals surface area contributed by atoms with Gasteiger partial charge in [0.05, 0.1) is 20.3 Å². The van der Waals surface area contributed by atoms with Gasteiger partial charge in [0.1, 0.15) is 11.5 Å². The van der Waals surface area contributed by atoms with E-state index in [1.807, 2.05) is 24.3 Å². The number of hydrogen-bond donors (Lipinski definition) is 1. The Morgan fingerprint density at radius 1 is 1.11 bits per heavy atom. The first-order chi connectivity index (χ1) is 9.30. The Morgan fingerprint density at radius 2 is 1.79 bits per heavy atom. The van der Waals surface area contributed by atoms with Gasteiger partial charge in [0, 0.05) is 13.2 Å². The van der Waals surface area contributed by atoms with Crippen molar-refractivity contribution in [3.63, 3.8) is 0 Å². The average Bonchev–Trinajstić information content (AvgIpc) is 2.44. The number of ether oxygens (including phenoxy) is 3. The molecule has 108 valence electrons. The van der Waals surface area contributed by atoms with Crippen molar-refractivity contribution in [3.05, 3.63) is 24.3 Å². The van der Waals surface area contributed by atoms with Gasteiger partial charge in [0.2, 0.25) is 0 Å². The summed E-state index contributed by atoms with van der Waals surface area (Å²) >= 11 is 0. The van der Waals surface area contributed by atoms with Crippen molar-refractivity contribution in [1.82, 2.24) is 5.32 Å². The van der Waals surface area contributed by atoms with Gasteiger partial charge >= 0.3 is 0 Å². The fourth-order valence-electron chi connectivity index (χ4n) is 1.93. The Hall–Kier alpha value is -1.26. The topological polar surface area (TPSA) is 39.7 Å². The largest absolute Gasteiger partial charge is 0.497 e. The van der Waals surface area contributed by atoms with Gasteiger partial charge in [-0.25, -0.2) is 0 Å². The van der Waals surface area contributed by atoms with Crippen molar-refractivity contribution < 1.29 is 14.2 Å². The van der Waals surface area contributed by atoms with E-state index in [0.717, 1.165) is 44.1 Å². The van der Waals surface area contributed by atoms with Gasteiger partial charge in [-0.3, -0.25) is 0 Å². The van der Waals surface area contributed by atoms with Crippen LogP contribution in [-0.2, 0) is 4.74 Å². The summed E-state index contributed by atoms with van der Waals surface area (Å²) < 4.78 is 16.0. The lowest BCUT2D eigenvalue weighted by atomic mass is 10.2. The number of rotatable bonds is 10. The zero-order chi connectivity index (χ0) is 13.9. The molecule has 0 amide bonds. The van der Waals surface area contributed by atoms with Crippen LogP contribution in [0.25, 0.3) is 0 Å². The molecule has 1 aromatic carbocycles. The number of likely N-dealkylation sites (N-methyl/N-ethyl adjacent to an activating group) is 1. The molecule has 0 spiro atoms. The quantitative estimate of drug-likeness (QED) is 0.661. The van der Waals surface area contributed by atoms with Crippen LogP contribution in [0, 0.1) is 0 Å². The molecule has 1 aromatic rings. The van der Waals surface area contributed by atoms with Crippen molar-refractivity contribution in [3.8, 4) is 11.5 Å². The van der Waals surface area contributed by atoms with Crippen LogP contribution >= 0.6 is 0 Å². The van der Waals surface area contributed by atoms with Crippen molar-refractivity contribution in [2.24, 2.45) is 0 Å². The predicted octanol–water partition coefficient (Wildman–Crippen LogP) is 2.48. The lowest BCUT2D eigenvalue weighted by Crippen LogP contribution is -2.33. The van der Waals surface area contributed by atoms with Crippen molar-refractivity contribution >= 4 is 0 Å². The number of methoxy groups -OCH3 is 2. The monoisotopic (exact) mass is 267 g/mol. The summed E-state index contributed by atoms with van der Waals surface area (Å²) in [6.45, 7) is 4.54. The van der Waals surface area contributed by atoms with E-state index in [-0.39, 0.29) is 0 Å². The molecular weight excluding hydrogens is 242 g/mol. The molecule has 1 unspecified atom stereocenters. The minimum absolute atomic E-state index is 0.412. The summed E-state index contributed by atoms with van der Waals surface area (Å²) in [4.78, 5) is 0. The Bertz CT molecular complexity index is 321. The van der Waals surface area contributed by atoms with E-state index in [9.17, 15) is 0 Å². The van der Waals surface area contributed by atoms with E-state index >= 15 is 0 Å². The summed E-state index contributed by atoms with van der Waals surface area (Å²) in [5, 5.41) is 3.40. The summed E-state index contributed by atoms with van der Waals surface area (Å²) in [6.07, 6.45) is 2.06. The molecule has 0 aromatic heterocycles. The number of hydrogen-bond acceptors (Lipinski definition) is 4. The molecule has 0 radical (unpaired) electrons. The Labute approximate surface area is 116 Å². The van der Waals surface area contributed by atoms with Crippen molar-refractivity contribution in [2.45, 2.75) is 25.8 Å². The van der Waals surface area contributed by atoms with Crippen LogP contribution in [0.2, 0.25) is 0 Å². The van der Waals surface area contributed by atoms with E-state index in [0.29, 0.717) is 6.04 Å². The third-order valence-electron chi connectivity index (χ3n) is 2.89. The summed E-state index contributed by atoms with van der Waals surface area (Å²) in [5.74, 6) is 1.73. The van der Waals surface area contributed by atoms with Gasteiger partial charge in [-0.05, 0) is 43.7 Å². The van der Waals surface area contributed by atoms with Crippen LogP contribution in [0.3, 0.4) is 0 Å². The van der Waals surface area contributed by atoms with Gasteiger partial charge < -0.3 is 19.5 Å². The van der Waals surface area contributed by atoms with Crippen molar-refractivity contribution in [2.75, 3.05) is 34.0 Å². The first-order valence-electron chi connectivity index (χ1n) is 6.79. The fraction of sp³-hybridized carbons (Fsp3) is 0.600. The zero-order valence-electron chi connectivity index (χ0n) is 12.1. The Kier molecular flexibility index (Phi) is 8.02. The number of nitrogens with one attached hydrogen (secondary N) is 1.